The molecule has 9 heteroatoms. The number of nitrogens with zero attached hydrogens (tertiary/aromatic N) is 3. The average Bonchev–Trinajstić information content (AvgIpc) is 3.84. The topological polar surface area (TPSA) is 33.6 Å². The number of nitriles is 1. The lowest BCUT2D eigenvalue weighted by molar-refractivity contribution is -0.143. The van der Waals surface area contributed by atoms with Gasteiger partial charge in [-0.25, -0.2) is 0 Å². The second kappa shape index (κ2) is 16.9. The van der Waals surface area contributed by atoms with Crippen LogP contribution >= 0.6 is 0 Å². The van der Waals surface area contributed by atoms with E-state index in [2.05, 4.69) is 130 Å². The van der Waals surface area contributed by atoms with Gasteiger partial charge in [0.15, 0.2) is 0 Å². The molecule has 9 aromatic carbocycles. The maximum absolute atomic E-state index is 14.5. The molecule has 0 fully saturated rings. The highest BCUT2D eigenvalue weighted by atomic mass is 19.4. The predicted molar refractivity (Wildman–Crippen MR) is 280 cm³/mol. The third-order valence-corrected chi connectivity index (χ3v) is 14.1. The van der Waals surface area contributed by atoms with Crippen molar-refractivity contribution in [1.29, 1.82) is 5.26 Å². The van der Waals surface area contributed by atoms with Crippen LogP contribution in [0.25, 0.3) is 99.5 Å². The van der Waals surface area contributed by atoms with E-state index in [1.807, 2.05) is 42.5 Å². The predicted octanol–water partition coefficient (Wildman–Crippen LogP) is 18.3. The Hall–Kier alpha value is -8.35. The van der Waals surface area contributed by atoms with Crippen LogP contribution < -0.4 is 0 Å². The van der Waals surface area contributed by atoms with E-state index in [4.69, 9.17) is 0 Å². The number of aromatic nitrogens is 2. The standard InChI is InChI=1S/C63H45F6N3/c1-35-23-37(3)60(38(4)24-35)43-17-21-57-52(31-43)48-11-7-9-13-54(48)71(57)56-20-16-42(45-28-46(62(64,65)66)33-47(29-45)63(67,68)69)30-51(56)50-19-15-41(34-70)27-59(50)72-55-14-10-8-12-49(55)53-32-44(18-22-58(53)72)61-39(5)25-36(2)26-40(61)6/h7-33H,1-6H3. The van der Waals surface area contributed by atoms with Crippen LogP contribution in [0.2, 0.25) is 0 Å². The molecule has 0 saturated carbocycles. The molecule has 354 valence electrons. The van der Waals surface area contributed by atoms with Crippen LogP contribution in [0.15, 0.2) is 164 Å². The molecule has 2 aromatic heterocycles. The molecule has 0 aliphatic rings. The van der Waals surface area contributed by atoms with Gasteiger partial charge in [0.25, 0.3) is 0 Å². The molecule has 0 N–H and O–H groups in total. The SMILES string of the molecule is Cc1cc(C)c(-c2ccc3c(c2)c2ccccc2n3-c2ccc(-c3cc(C(F)(F)F)cc(C(F)(F)F)c3)cc2-c2ccc(C#N)cc2-n2c3ccccc3c3cc(-c4c(C)cc(C)cc4C)ccc32)c(C)c1. The summed E-state index contributed by atoms with van der Waals surface area (Å²) in [4.78, 5) is 0. The molecule has 0 atom stereocenters. The van der Waals surface area contributed by atoms with Crippen LogP contribution in [0.5, 0.6) is 0 Å². The first-order valence-corrected chi connectivity index (χ1v) is 23.6. The first kappa shape index (κ1) is 46.1. The quantitative estimate of drug-likeness (QED) is 0.153. The maximum Gasteiger partial charge on any atom is 0.416 e. The number of benzene rings is 9. The van der Waals surface area contributed by atoms with Crippen LogP contribution in [0.1, 0.15) is 50.1 Å². The van der Waals surface area contributed by atoms with Gasteiger partial charge in [-0.1, -0.05) is 96.1 Å². The maximum atomic E-state index is 14.5. The summed E-state index contributed by atoms with van der Waals surface area (Å²) < 4.78 is 90.9. The van der Waals surface area contributed by atoms with Crippen LogP contribution in [0.3, 0.4) is 0 Å². The highest BCUT2D eigenvalue weighted by Crippen LogP contribution is 2.46. The van der Waals surface area contributed by atoms with Crippen LogP contribution in [0, 0.1) is 52.9 Å². The highest BCUT2D eigenvalue weighted by Gasteiger charge is 2.37. The van der Waals surface area contributed by atoms with Gasteiger partial charge in [-0.15, -0.1) is 0 Å². The Kier molecular flexibility index (Phi) is 10.8. The molecule has 0 bridgehead atoms. The van der Waals surface area contributed by atoms with Crippen molar-refractivity contribution in [3.63, 3.8) is 0 Å². The Morgan fingerprint density at radius 3 is 1.29 bits per heavy atom. The lowest BCUT2D eigenvalue weighted by atomic mass is 9.92. The minimum atomic E-state index is -5.05. The monoisotopic (exact) mass is 957 g/mol. The van der Waals surface area contributed by atoms with Gasteiger partial charge in [-0.05, 0) is 176 Å². The Morgan fingerprint density at radius 1 is 0.375 bits per heavy atom. The molecule has 72 heavy (non-hydrogen) atoms. The fourth-order valence-corrected chi connectivity index (χ4v) is 11.3. The van der Waals surface area contributed by atoms with Crippen LogP contribution in [-0.2, 0) is 12.4 Å². The number of halogens is 6. The number of para-hydroxylation sites is 2. The van der Waals surface area contributed by atoms with Crippen LogP contribution in [-0.4, -0.2) is 9.13 Å². The zero-order chi connectivity index (χ0) is 50.5. The van der Waals surface area contributed by atoms with E-state index in [0.717, 1.165) is 100 Å². The normalized spacial score (nSPS) is 12.2. The lowest BCUT2D eigenvalue weighted by Gasteiger charge is -2.21. The molecule has 0 unspecified atom stereocenters. The van der Waals surface area contributed by atoms with Crippen molar-refractivity contribution >= 4 is 43.6 Å². The number of rotatable bonds is 6. The molecule has 0 spiro atoms. The van der Waals surface area contributed by atoms with Gasteiger partial charge in [-0.3, -0.25) is 0 Å². The number of hydrogen-bond acceptors (Lipinski definition) is 1. The van der Waals surface area contributed by atoms with E-state index in [0.29, 0.717) is 28.1 Å². The van der Waals surface area contributed by atoms with E-state index < -0.39 is 23.5 Å². The number of aryl methyl sites for hydroxylation is 6. The molecular weight excluding hydrogens is 913 g/mol. The molecule has 0 amide bonds. The van der Waals surface area contributed by atoms with E-state index in [9.17, 15) is 31.6 Å². The Bertz CT molecular complexity index is 4020. The number of alkyl halides is 6. The summed E-state index contributed by atoms with van der Waals surface area (Å²) in [5, 5.41) is 14.3. The molecule has 3 nitrogen and oxygen atoms in total. The summed E-state index contributed by atoms with van der Waals surface area (Å²) in [5.74, 6) is 0. The number of fused-ring (bicyclic) bond motifs is 6. The fraction of sp³-hybridized carbons (Fsp3) is 0.127. The van der Waals surface area contributed by atoms with E-state index in [1.54, 1.807) is 30.3 Å². The third kappa shape index (κ3) is 7.70. The van der Waals surface area contributed by atoms with Crippen molar-refractivity contribution in [3.05, 3.63) is 214 Å². The summed E-state index contributed by atoms with van der Waals surface area (Å²) in [6.07, 6.45) is -10.1. The molecule has 11 rings (SSSR count). The van der Waals surface area contributed by atoms with E-state index in [1.165, 1.54) is 11.1 Å². The molecule has 0 aliphatic carbocycles. The smallest absolute Gasteiger partial charge is 0.309 e. The van der Waals surface area contributed by atoms with Gasteiger partial charge in [0, 0.05) is 32.7 Å². The Labute approximate surface area is 412 Å². The molecule has 11 aromatic rings. The molecule has 2 heterocycles. The summed E-state index contributed by atoms with van der Waals surface area (Å²) >= 11 is 0. The minimum absolute atomic E-state index is 0.143. The third-order valence-electron chi connectivity index (χ3n) is 14.1. The van der Waals surface area contributed by atoms with Crippen molar-refractivity contribution in [2.75, 3.05) is 0 Å². The molecule has 0 saturated heterocycles. The Balaban J connectivity index is 1.23. The largest absolute Gasteiger partial charge is 0.416 e. The summed E-state index contributed by atoms with van der Waals surface area (Å²) in [6, 6.07) is 51.8. The summed E-state index contributed by atoms with van der Waals surface area (Å²) in [5.41, 5.74) is 14.4. The second-order valence-electron chi connectivity index (χ2n) is 19.1. The summed E-state index contributed by atoms with van der Waals surface area (Å²) in [7, 11) is 0. The van der Waals surface area contributed by atoms with Gasteiger partial charge >= 0.3 is 12.4 Å². The van der Waals surface area contributed by atoms with Gasteiger partial charge in [-0.2, -0.15) is 31.6 Å². The van der Waals surface area contributed by atoms with Gasteiger partial charge < -0.3 is 9.13 Å². The van der Waals surface area contributed by atoms with Crippen molar-refractivity contribution in [2.45, 2.75) is 53.9 Å². The second-order valence-corrected chi connectivity index (χ2v) is 19.1. The molecular formula is C63H45F6N3. The first-order chi connectivity index (χ1) is 34.4. The summed E-state index contributed by atoms with van der Waals surface area (Å²) in [6.45, 7) is 12.6. The highest BCUT2D eigenvalue weighted by molar-refractivity contribution is 6.13. The van der Waals surface area contributed by atoms with Crippen molar-refractivity contribution in [1.82, 2.24) is 9.13 Å². The number of hydrogen-bond donors (Lipinski definition) is 0. The van der Waals surface area contributed by atoms with Crippen LogP contribution in [0.4, 0.5) is 26.3 Å². The zero-order valence-corrected chi connectivity index (χ0v) is 40.2. The van der Waals surface area contributed by atoms with E-state index in [-0.39, 0.29) is 17.2 Å². The average molecular weight is 958 g/mol. The van der Waals surface area contributed by atoms with E-state index >= 15 is 0 Å². The lowest BCUT2D eigenvalue weighted by Crippen LogP contribution is -2.11. The van der Waals surface area contributed by atoms with Crippen molar-refractivity contribution in [3.8, 4) is 62.0 Å². The zero-order valence-electron chi connectivity index (χ0n) is 40.2. The van der Waals surface area contributed by atoms with Crippen molar-refractivity contribution < 1.29 is 26.3 Å². The molecule has 0 radical (unpaired) electrons. The fourth-order valence-electron chi connectivity index (χ4n) is 11.3. The van der Waals surface area contributed by atoms with Gasteiger partial charge in [0.1, 0.15) is 0 Å². The van der Waals surface area contributed by atoms with Gasteiger partial charge in [0.2, 0.25) is 0 Å². The van der Waals surface area contributed by atoms with Gasteiger partial charge in [0.05, 0.1) is 56.2 Å². The van der Waals surface area contributed by atoms with Crippen molar-refractivity contribution in [2.24, 2.45) is 0 Å². The first-order valence-electron chi connectivity index (χ1n) is 23.6. The minimum Gasteiger partial charge on any atom is -0.309 e. The molecule has 0 aliphatic heterocycles. The Morgan fingerprint density at radius 2 is 0.819 bits per heavy atom.